The highest BCUT2D eigenvalue weighted by atomic mass is 16.8. The minimum Gasteiger partial charge on any atom is -0.459 e. The third kappa shape index (κ3) is 22.1. The smallest absolute Gasteiger partial charge is 0.338 e. The van der Waals surface area contributed by atoms with Gasteiger partial charge in [-0.25, -0.2) is 28.8 Å². The average molecular weight is 1730 g/mol. The van der Waals surface area contributed by atoms with Crippen LogP contribution < -0.4 is 0 Å². The molecule has 0 spiro atoms. The first-order valence-electron chi connectivity index (χ1n) is 41.1. The van der Waals surface area contributed by atoms with E-state index in [4.69, 9.17) is 118 Å². The Morgan fingerprint density at radius 3 is 1.00 bits per heavy atom. The fraction of sp³-hybridized carbons (Fsp3) is 0.426. The highest BCUT2D eigenvalue weighted by Crippen LogP contribution is 2.44. The second kappa shape index (κ2) is 44.3. The average Bonchev–Trinajstić information content (AvgIpc) is 0.755. The standard InChI is InChI=1S/C94H102O31/c1-55-69(102-3)75(103-4)71(65(112-55)51-108-49-56-33-17-9-18-34-56)123-91-80(106-7)76(104-5)70(64(113-91)50-101-2)122-92-81(107-8)77(105-6)72(66(114-92)52-109-84(95)57-35-19-10-20-36-57)124-93-83(120-89(100)62-45-29-15-30-46-62)79(118-87(98)60-41-25-13-26-42-60)74(67(115-93)53-110-85(96)58-37-21-11-22-38-58)125-94-82(119-88(99)61-43-27-14-28-44-61)78(117-86(97)59-39-23-12-24-40-59)73-68(116-94)54-111-90(121-73)63-47-31-16-32-48-63/h9-48,55,64-83,90-94H,49-54H2,1-8H3/t55-,64+,65?,66+,67?,68?,69?,70+,71-,72+,73-,74-,75+,76?,77?,78-,79-,80?,81?,82?,83?,90?,91+,92+,93-,94-/m0/s1. The molecular weight excluding hydrogens is 1630 g/mol. The zero-order valence-electron chi connectivity index (χ0n) is 70.0. The fourth-order valence-corrected chi connectivity index (χ4v) is 16.2. The van der Waals surface area contributed by atoms with Gasteiger partial charge in [0.25, 0.3) is 0 Å². The van der Waals surface area contributed by atoms with Gasteiger partial charge < -0.3 is 118 Å². The van der Waals surface area contributed by atoms with Gasteiger partial charge in [0.15, 0.2) is 55.9 Å². The molecule has 125 heavy (non-hydrogen) atoms. The van der Waals surface area contributed by atoms with E-state index in [2.05, 4.69) is 0 Å². The minimum absolute atomic E-state index is 0.0216. The van der Waals surface area contributed by atoms with Crippen molar-refractivity contribution in [3.05, 3.63) is 287 Å². The lowest BCUT2D eigenvalue weighted by molar-refractivity contribution is -0.399. The first-order chi connectivity index (χ1) is 61.1. The van der Waals surface area contributed by atoms with E-state index in [9.17, 15) is 19.2 Å². The van der Waals surface area contributed by atoms with E-state index >= 15 is 9.59 Å². The van der Waals surface area contributed by atoms with E-state index in [-0.39, 0.29) is 59.8 Å². The van der Waals surface area contributed by atoms with Crippen molar-refractivity contribution >= 4 is 35.8 Å². The first kappa shape index (κ1) is 91.0. The van der Waals surface area contributed by atoms with Crippen molar-refractivity contribution in [2.75, 3.05) is 82.8 Å². The summed E-state index contributed by atoms with van der Waals surface area (Å²) in [4.78, 5) is 89.7. The Kier molecular flexibility index (Phi) is 32.3. The van der Waals surface area contributed by atoms with E-state index in [1.54, 1.807) is 160 Å². The number of hydrogen-bond donors (Lipinski definition) is 0. The Bertz CT molecular complexity index is 4690. The maximum Gasteiger partial charge on any atom is 0.338 e. The van der Waals surface area contributed by atoms with E-state index in [0.29, 0.717) is 5.56 Å². The van der Waals surface area contributed by atoms with Crippen LogP contribution in [0.25, 0.3) is 0 Å². The quantitative estimate of drug-likeness (QED) is 0.0263. The van der Waals surface area contributed by atoms with E-state index in [1.165, 1.54) is 96.2 Å². The third-order valence-corrected chi connectivity index (χ3v) is 22.3. The number of esters is 6. The predicted molar refractivity (Wildman–Crippen MR) is 437 cm³/mol. The van der Waals surface area contributed by atoms with Gasteiger partial charge in [-0.05, 0) is 85.3 Å². The molecule has 0 bridgehead atoms. The number of hydrogen-bond acceptors (Lipinski definition) is 31. The molecule has 31 heteroatoms. The van der Waals surface area contributed by atoms with Crippen molar-refractivity contribution in [1.82, 2.24) is 0 Å². The highest BCUT2D eigenvalue weighted by molar-refractivity contribution is 5.92. The minimum atomic E-state index is -2.07. The Morgan fingerprint density at radius 1 is 0.296 bits per heavy atom. The van der Waals surface area contributed by atoms with Crippen molar-refractivity contribution in [2.24, 2.45) is 0 Å². The maximum absolute atomic E-state index is 15.5. The summed E-state index contributed by atoms with van der Waals surface area (Å²) in [6.07, 6.45) is -35.9. The lowest BCUT2D eigenvalue weighted by Crippen LogP contribution is -2.69. The lowest BCUT2D eigenvalue weighted by Gasteiger charge is -2.52. The molecular formula is C94H102O31. The van der Waals surface area contributed by atoms with Crippen LogP contribution >= 0.6 is 0 Å². The first-order valence-corrected chi connectivity index (χ1v) is 41.1. The molecule has 26 atom stereocenters. The second-order valence-electron chi connectivity index (χ2n) is 30.2. The summed E-state index contributed by atoms with van der Waals surface area (Å²) in [6, 6.07) is 66.2. The molecule has 0 radical (unpaired) electrons. The fourth-order valence-electron chi connectivity index (χ4n) is 16.2. The van der Waals surface area contributed by atoms with Crippen LogP contribution in [0, 0.1) is 0 Å². The molecule has 6 heterocycles. The molecule has 0 aromatic heterocycles. The second-order valence-corrected chi connectivity index (χ2v) is 30.2. The molecule has 664 valence electrons. The molecule has 31 nitrogen and oxygen atoms in total. The molecule has 8 aromatic carbocycles. The van der Waals surface area contributed by atoms with Gasteiger partial charge in [0.05, 0.1) is 65.9 Å². The number of benzene rings is 8. The van der Waals surface area contributed by atoms with Crippen LogP contribution in [0.5, 0.6) is 0 Å². The molecule has 0 aliphatic carbocycles. The number of methoxy groups -OCH3 is 7. The van der Waals surface area contributed by atoms with Crippen LogP contribution in [-0.4, -0.2) is 272 Å². The van der Waals surface area contributed by atoms with Crippen molar-refractivity contribution in [1.29, 1.82) is 0 Å². The SMILES string of the molecule is COC[C@H]1O[C@H](O[C@H]2C(COCc3ccccc3)O[C@@H](C)C(OC)[C@H]2OC)C(OC)C(OC)[C@@H]1O[C@H]1O[C@H](COC(=O)c2ccccc2)[C@@H](O[C@@H]2OC(COC(=O)c3ccccc3)[C@H](O[C@@H]3OC4COC(c5ccccc5)O[C@@H]4[C@H](OC(=O)c4ccccc4)C3OC(=O)c3ccccc3)[C@H](OC(=O)c3ccccc3)C2OC(=O)c2ccccc2)C(OC)C1OC. The van der Waals surface area contributed by atoms with Gasteiger partial charge in [0.2, 0.25) is 0 Å². The summed E-state index contributed by atoms with van der Waals surface area (Å²) in [7, 11) is 10.2. The lowest BCUT2D eigenvalue weighted by atomic mass is 9.94. The molecule has 14 rings (SSSR count). The number of ether oxygens (including phenoxy) is 25. The van der Waals surface area contributed by atoms with E-state index in [1.807, 2.05) is 43.3 Å². The Balaban J connectivity index is 0.855. The summed E-state index contributed by atoms with van der Waals surface area (Å²) < 4.78 is 166. The number of fused-ring (bicyclic) bond motifs is 1. The van der Waals surface area contributed by atoms with Gasteiger partial charge >= 0.3 is 35.8 Å². The molecule has 11 unspecified atom stereocenters. The van der Waals surface area contributed by atoms with Gasteiger partial charge in [0.1, 0.15) is 111 Å². The third-order valence-electron chi connectivity index (χ3n) is 22.3. The number of carbonyl (C=O) groups is 6. The zero-order chi connectivity index (χ0) is 87.3. The summed E-state index contributed by atoms with van der Waals surface area (Å²) in [5, 5.41) is 0. The van der Waals surface area contributed by atoms with Gasteiger partial charge in [0, 0.05) is 55.3 Å². The van der Waals surface area contributed by atoms with E-state index in [0.717, 1.165) is 5.56 Å². The van der Waals surface area contributed by atoms with Crippen LogP contribution in [-0.2, 0) is 125 Å². The molecule has 6 aliphatic rings. The summed E-state index contributed by atoms with van der Waals surface area (Å²) >= 11 is 0. The molecule has 0 saturated carbocycles. The van der Waals surface area contributed by atoms with Gasteiger partial charge in [-0.2, -0.15) is 0 Å². The largest absolute Gasteiger partial charge is 0.459 e. The van der Waals surface area contributed by atoms with Crippen molar-refractivity contribution in [2.45, 2.75) is 173 Å². The molecule has 0 amide bonds. The van der Waals surface area contributed by atoms with Crippen molar-refractivity contribution < 1.29 is 147 Å². The van der Waals surface area contributed by atoms with Crippen molar-refractivity contribution in [3.63, 3.8) is 0 Å². The Morgan fingerprint density at radius 2 is 0.608 bits per heavy atom. The number of carbonyl (C=O) groups excluding carboxylic acids is 6. The maximum atomic E-state index is 15.5. The monoisotopic (exact) mass is 1730 g/mol. The molecule has 6 saturated heterocycles. The van der Waals surface area contributed by atoms with Gasteiger partial charge in [-0.15, -0.1) is 0 Å². The molecule has 0 N–H and O–H groups in total. The normalized spacial score (nSPS) is 30.9. The summed E-state index contributed by atoms with van der Waals surface area (Å²) in [6.45, 7) is 0.305. The highest BCUT2D eigenvalue weighted by Gasteiger charge is 2.62. The summed E-state index contributed by atoms with van der Waals surface area (Å²) in [5.74, 6) is -5.59. The predicted octanol–water partition coefficient (Wildman–Crippen LogP) is 9.90. The Labute approximate surface area is 722 Å². The Hall–Kier alpha value is -10.2. The van der Waals surface area contributed by atoms with E-state index < -0.39 is 209 Å². The molecule has 6 aliphatic heterocycles. The van der Waals surface area contributed by atoms with Crippen LogP contribution in [0.4, 0.5) is 0 Å². The van der Waals surface area contributed by atoms with Crippen LogP contribution in [0.3, 0.4) is 0 Å². The van der Waals surface area contributed by atoms with Gasteiger partial charge in [-0.3, -0.25) is 0 Å². The van der Waals surface area contributed by atoms with Crippen molar-refractivity contribution in [3.8, 4) is 0 Å². The van der Waals surface area contributed by atoms with Crippen LogP contribution in [0.15, 0.2) is 243 Å². The van der Waals surface area contributed by atoms with Gasteiger partial charge in [-0.1, -0.05) is 170 Å². The van der Waals surface area contributed by atoms with Crippen LogP contribution in [0.2, 0.25) is 0 Å². The molecule has 6 fully saturated rings. The molecule has 8 aromatic rings. The topological polar surface area (TPSA) is 333 Å². The zero-order valence-corrected chi connectivity index (χ0v) is 70.0. The summed E-state index contributed by atoms with van der Waals surface area (Å²) in [5.41, 5.74) is 1.85. The number of rotatable bonds is 35. The van der Waals surface area contributed by atoms with Crippen LogP contribution in [0.1, 0.15) is 86.5 Å².